The van der Waals surface area contributed by atoms with E-state index in [1.54, 1.807) is 0 Å². The minimum atomic E-state index is 0.0258. The van der Waals surface area contributed by atoms with Crippen LogP contribution < -0.4 is 11.1 Å². The van der Waals surface area contributed by atoms with Gasteiger partial charge in [-0.25, -0.2) is 0 Å². The van der Waals surface area contributed by atoms with E-state index in [0.717, 1.165) is 18.5 Å². The summed E-state index contributed by atoms with van der Waals surface area (Å²) < 4.78 is 0. The summed E-state index contributed by atoms with van der Waals surface area (Å²) in [5.41, 5.74) is 8.14. The number of carbonyl (C=O) groups excluding carboxylic acids is 1. The third kappa shape index (κ3) is 4.31. The van der Waals surface area contributed by atoms with Gasteiger partial charge in [0, 0.05) is 12.1 Å². The molecule has 1 aromatic carbocycles. The Morgan fingerprint density at radius 3 is 2.62 bits per heavy atom. The smallest absolute Gasteiger partial charge is 0.224 e. The SMILES string of the molecule is CC(C)c1cccc(NC(=O)CC2(CN)CCCCC2)c1. The molecule has 0 atom stereocenters. The van der Waals surface area contributed by atoms with Crippen molar-refractivity contribution >= 4 is 11.6 Å². The van der Waals surface area contributed by atoms with Crippen molar-refractivity contribution in [3.8, 4) is 0 Å². The van der Waals surface area contributed by atoms with E-state index in [-0.39, 0.29) is 11.3 Å². The minimum Gasteiger partial charge on any atom is -0.330 e. The van der Waals surface area contributed by atoms with Gasteiger partial charge in [0.05, 0.1) is 0 Å². The molecule has 1 aliphatic rings. The molecule has 2 rings (SSSR count). The first kappa shape index (κ1) is 16.0. The van der Waals surface area contributed by atoms with Gasteiger partial charge >= 0.3 is 0 Å². The van der Waals surface area contributed by atoms with Crippen LogP contribution in [0.3, 0.4) is 0 Å². The topological polar surface area (TPSA) is 55.1 Å². The highest BCUT2D eigenvalue weighted by atomic mass is 16.1. The van der Waals surface area contributed by atoms with Gasteiger partial charge in [-0.3, -0.25) is 4.79 Å². The first-order valence-electron chi connectivity index (χ1n) is 8.14. The lowest BCUT2D eigenvalue weighted by atomic mass is 9.71. The molecule has 0 aromatic heterocycles. The molecule has 1 aromatic rings. The van der Waals surface area contributed by atoms with Crippen molar-refractivity contribution in [3.05, 3.63) is 29.8 Å². The second-order valence-electron chi connectivity index (χ2n) is 6.77. The average molecular weight is 288 g/mol. The Kier molecular flexibility index (Phi) is 5.40. The lowest BCUT2D eigenvalue weighted by Crippen LogP contribution is -2.36. The van der Waals surface area contributed by atoms with Crippen LogP contribution in [0.5, 0.6) is 0 Å². The number of nitrogens with two attached hydrogens (primary N) is 1. The fraction of sp³-hybridized carbons (Fsp3) is 0.611. The van der Waals surface area contributed by atoms with E-state index in [1.165, 1.54) is 24.8 Å². The molecule has 1 fully saturated rings. The predicted octanol–water partition coefficient (Wildman–Crippen LogP) is 4.05. The first-order valence-corrected chi connectivity index (χ1v) is 8.14. The summed E-state index contributed by atoms with van der Waals surface area (Å²) in [6.07, 6.45) is 6.40. The largest absolute Gasteiger partial charge is 0.330 e. The van der Waals surface area contributed by atoms with Gasteiger partial charge in [0.1, 0.15) is 0 Å². The Morgan fingerprint density at radius 2 is 2.00 bits per heavy atom. The molecule has 0 aliphatic heterocycles. The van der Waals surface area contributed by atoms with E-state index in [2.05, 4.69) is 31.3 Å². The molecule has 1 amide bonds. The Balaban J connectivity index is 1.99. The van der Waals surface area contributed by atoms with Crippen LogP contribution in [-0.4, -0.2) is 12.5 Å². The molecular weight excluding hydrogens is 260 g/mol. The van der Waals surface area contributed by atoms with Crippen LogP contribution in [0, 0.1) is 5.41 Å². The van der Waals surface area contributed by atoms with Gasteiger partial charge in [0.25, 0.3) is 0 Å². The van der Waals surface area contributed by atoms with Crippen molar-refractivity contribution in [1.29, 1.82) is 0 Å². The molecular formula is C18H28N2O. The number of amides is 1. The number of anilines is 1. The summed E-state index contributed by atoms with van der Waals surface area (Å²) in [5, 5.41) is 3.05. The molecule has 0 radical (unpaired) electrons. The minimum absolute atomic E-state index is 0.0258. The third-order valence-electron chi connectivity index (χ3n) is 4.72. The molecule has 1 saturated carbocycles. The van der Waals surface area contributed by atoms with Crippen molar-refractivity contribution in [2.24, 2.45) is 11.1 Å². The second-order valence-corrected chi connectivity index (χ2v) is 6.77. The molecule has 116 valence electrons. The molecule has 1 aliphatic carbocycles. The van der Waals surface area contributed by atoms with Crippen LogP contribution in [0.1, 0.15) is 63.9 Å². The standard InChI is InChI=1S/C18H28N2O/c1-14(2)15-7-6-8-16(11-15)20-17(21)12-18(13-19)9-4-3-5-10-18/h6-8,11,14H,3-5,9-10,12-13,19H2,1-2H3,(H,20,21). The zero-order chi connectivity index (χ0) is 15.3. The summed E-state index contributed by atoms with van der Waals surface area (Å²) >= 11 is 0. The number of benzene rings is 1. The molecule has 3 N–H and O–H groups in total. The summed E-state index contributed by atoms with van der Waals surface area (Å²) in [7, 11) is 0. The first-order chi connectivity index (χ1) is 10.0. The van der Waals surface area contributed by atoms with Crippen LogP contribution in [0.15, 0.2) is 24.3 Å². The maximum Gasteiger partial charge on any atom is 0.224 e. The number of carbonyl (C=O) groups is 1. The van der Waals surface area contributed by atoms with Gasteiger partial charge in [-0.1, -0.05) is 45.2 Å². The van der Waals surface area contributed by atoms with Crippen LogP contribution >= 0.6 is 0 Å². The lowest BCUT2D eigenvalue weighted by Gasteiger charge is -2.35. The van der Waals surface area contributed by atoms with E-state index < -0.39 is 0 Å². The van der Waals surface area contributed by atoms with Crippen molar-refractivity contribution in [1.82, 2.24) is 0 Å². The molecule has 0 heterocycles. The highest BCUT2D eigenvalue weighted by Gasteiger charge is 2.32. The highest BCUT2D eigenvalue weighted by molar-refractivity contribution is 5.91. The van der Waals surface area contributed by atoms with E-state index in [0.29, 0.717) is 18.9 Å². The predicted molar refractivity (Wildman–Crippen MR) is 88.4 cm³/mol. The molecule has 0 saturated heterocycles. The summed E-state index contributed by atoms with van der Waals surface area (Å²) in [5.74, 6) is 0.568. The van der Waals surface area contributed by atoms with Gasteiger partial charge < -0.3 is 11.1 Å². The second kappa shape index (κ2) is 7.08. The van der Waals surface area contributed by atoms with E-state index in [1.807, 2.05) is 12.1 Å². The Hall–Kier alpha value is -1.35. The van der Waals surface area contributed by atoms with E-state index in [9.17, 15) is 4.79 Å². The number of rotatable bonds is 5. The van der Waals surface area contributed by atoms with Crippen LogP contribution in [0.2, 0.25) is 0 Å². The fourth-order valence-corrected chi connectivity index (χ4v) is 3.28. The monoisotopic (exact) mass is 288 g/mol. The van der Waals surface area contributed by atoms with Gasteiger partial charge in [-0.05, 0) is 48.4 Å². The van der Waals surface area contributed by atoms with Crippen LogP contribution in [-0.2, 0) is 4.79 Å². The Morgan fingerprint density at radius 1 is 1.29 bits per heavy atom. The van der Waals surface area contributed by atoms with Crippen molar-refractivity contribution in [2.75, 3.05) is 11.9 Å². The number of hydrogen-bond donors (Lipinski definition) is 2. The van der Waals surface area contributed by atoms with E-state index in [4.69, 9.17) is 5.73 Å². The van der Waals surface area contributed by atoms with Gasteiger partial charge in [0.2, 0.25) is 5.91 Å². The number of nitrogens with one attached hydrogen (secondary N) is 1. The fourth-order valence-electron chi connectivity index (χ4n) is 3.28. The zero-order valence-corrected chi connectivity index (χ0v) is 13.3. The molecule has 3 heteroatoms. The molecule has 0 bridgehead atoms. The average Bonchev–Trinajstić information content (AvgIpc) is 2.48. The quantitative estimate of drug-likeness (QED) is 0.859. The molecule has 3 nitrogen and oxygen atoms in total. The van der Waals surface area contributed by atoms with Gasteiger partial charge in [0.15, 0.2) is 0 Å². The normalized spacial score (nSPS) is 17.7. The molecule has 21 heavy (non-hydrogen) atoms. The maximum atomic E-state index is 12.4. The number of hydrogen-bond acceptors (Lipinski definition) is 2. The zero-order valence-electron chi connectivity index (χ0n) is 13.3. The summed E-state index contributed by atoms with van der Waals surface area (Å²) in [6, 6.07) is 8.13. The molecule has 0 unspecified atom stereocenters. The maximum absolute atomic E-state index is 12.4. The summed E-state index contributed by atoms with van der Waals surface area (Å²) in [6.45, 7) is 4.94. The third-order valence-corrected chi connectivity index (χ3v) is 4.72. The van der Waals surface area contributed by atoms with Gasteiger partial charge in [-0.2, -0.15) is 0 Å². The highest BCUT2D eigenvalue weighted by Crippen LogP contribution is 2.38. The molecule has 0 spiro atoms. The summed E-state index contributed by atoms with van der Waals surface area (Å²) in [4.78, 5) is 12.4. The van der Waals surface area contributed by atoms with Crippen molar-refractivity contribution < 1.29 is 4.79 Å². The lowest BCUT2D eigenvalue weighted by molar-refractivity contribution is -0.118. The van der Waals surface area contributed by atoms with Crippen molar-refractivity contribution in [3.63, 3.8) is 0 Å². The Labute approximate surface area is 128 Å². The van der Waals surface area contributed by atoms with Gasteiger partial charge in [-0.15, -0.1) is 0 Å². The van der Waals surface area contributed by atoms with Crippen molar-refractivity contribution in [2.45, 2.75) is 58.3 Å². The van der Waals surface area contributed by atoms with E-state index >= 15 is 0 Å². The van der Waals surface area contributed by atoms with Crippen LogP contribution in [0.25, 0.3) is 0 Å². The van der Waals surface area contributed by atoms with Crippen LogP contribution in [0.4, 0.5) is 5.69 Å². The Bertz CT molecular complexity index is 476.